The smallest absolute Gasteiger partial charge is 0.287 e. The van der Waals surface area contributed by atoms with Crippen LogP contribution in [0.3, 0.4) is 0 Å². The molecule has 150 valence electrons. The molecule has 1 heterocycles. The predicted molar refractivity (Wildman–Crippen MR) is 109 cm³/mol. The van der Waals surface area contributed by atoms with E-state index in [4.69, 9.17) is 0 Å². The second-order valence-corrected chi connectivity index (χ2v) is 6.93. The zero-order valence-electron chi connectivity index (χ0n) is 15.9. The summed E-state index contributed by atoms with van der Waals surface area (Å²) in [5.74, 6) is -0.529. The first kappa shape index (κ1) is 19.6. The molecule has 0 atom stereocenters. The highest BCUT2D eigenvalue weighted by molar-refractivity contribution is 6.26. The maximum atomic E-state index is 12.8. The lowest BCUT2D eigenvalue weighted by atomic mass is 10.0. The Labute approximate surface area is 171 Å². The van der Waals surface area contributed by atoms with Crippen molar-refractivity contribution in [3.8, 4) is 11.1 Å². The van der Waals surface area contributed by atoms with Gasteiger partial charge < -0.3 is 0 Å². The van der Waals surface area contributed by atoms with Crippen LogP contribution in [0.1, 0.15) is 28.4 Å². The number of ketones is 1. The number of amides is 1. The molecule has 0 radical (unpaired) electrons. The molecule has 0 spiro atoms. The Bertz CT molecular complexity index is 1180. The minimum atomic E-state index is -4.39. The molecule has 4 rings (SSSR count). The maximum Gasteiger partial charge on any atom is 0.416 e. The Balaban J connectivity index is 1.72. The van der Waals surface area contributed by atoms with Crippen molar-refractivity contribution in [1.29, 1.82) is 0 Å². The van der Waals surface area contributed by atoms with Crippen LogP contribution in [0.4, 0.5) is 18.9 Å². The normalized spacial score (nSPS) is 14.9. The zero-order chi connectivity index (χ0) is 21.5. The van der Waals surface area contributed by atoms with Gasteiger partial charge in [0.25, 0.3) is 0 Å². The van der Waals surface area contributed by atoms with Crippen molar-refractivity contribution in [1.82, 2.24) is 0 Å². The maximum absolute atomic E-state index is 12.8. The molecule has 0 saturated heterocycles. The first-order chi connectivity index (χ1) is 14.3. The first-order valence-electron chi connectivity index (χ1n) is 9.19. The summed E-state index contributed by atoms with van der Waals surface area (Å²) in [6, 6.07) is 18.9. The summed E-state index contributed by atoms with van der Waals surface area (Å²) in [4.78, 5) is 26.4. The third kappa shape index (κ3) is 3.52. The van der Waals surface area contributed by atoms with Crippen LogP contribution in [0, 0.1) is 0 Å². The Kier molecular flexibility index (Phi) is 4.78. The van der Waals surface area contributed by atoms with Gasteiger partial charge in [0.05, 0.1) is 16.9 Å². The van der Waals surface area contributed by atoms with Gasteiger partial charge in [0, 0.05) is 12.5 Å². The van der Waals surface area contributed by atoms with Gasteiger partial charge >= 0.3 is 6.18 Å². The number of para-hydroxylation sites is 1. The number of rotatable bonds is 2. The van der Waals surface area contributed by atoms with E-state index in [0.29, 0.717) is 27.9 Å². The van der Waals surface area contributed by atoms with Gasteiger partial charge in [0.2, 0.25) is 11.7 Å². The monoisotopic (exact) mass is 407 g/mol. The minimum absolute atomic E-state index is 0.244. The molecule has 0 aliphatic carbocycles. The Morgan fingerprint density at radius 3 is 2.27 bits per heavy atom. The summed E-state index contributed by atoms with van der Waals surface area (Å²) in [5, 5.41) is 0. The molecule has 3 nitrogen and oxygen atoms in total. The third-order valence-electron chi connectivity index (χ3n) is 4.91. The van der Waals surface area contributed by atoms with Crippen molar-refractivity contribution in [2.75, 3.05) is 4.90 Å². The number of carbonyl (C=O) groups excluding carboxylic acids is 2. The van der Waals surface area contributed by atoms with E-state index in [1.165, 1.54) is 24.0 Å². The van der Waals surface area contributed by atoms with Gasteiger partial charge in [-0.2, -0.15) is 13.2 Å². The number of carbonyl (C=O) groups is 2. The highest BCUT2D eigenvalue weighted by atomic mass is 19.4. The van der Waals surface area contributed by atoms with Crippen LogP contribution in [0.5, 0.6) is 0 Å². The summed E-state index contributed by atoms with van der Waals surface area (Å²) in [7, 11) is 0. The van der Waals surface area contributed by atoms with Gasteiger partial charge in [-0.3, -0.25) is 14.5 Å². The first-order valence-corrected chi connectivity index (χ1v) is 9.19. The number of halogens is 3. The number of hydrogen-bond donors (Lipinski definition) is 0. The number of allylic oxidation sites excluding steroid dienone is 1. The van der Waals surface area contributed by atoms with Crippen molar-refractivity contribution in [2.24, 2.45) is 0 Å². The summed E-state index contributed by atoms with van der Waals surface area (Å²) in [6.07, 6.45) is -2.77. The number of anilines is 1. The molecule has 0 unspecified atom stereocenters. The molecule has 1 amide bonds. The summed E-state index contributed by atoms with van der Waals surface area (Å²) >= 11 is 0. The van der Waals surface area contributed by atoms with E-state index >= 15 is 0 Å². The van der Waals surface area contributed by atoms with Gasteiger partial charge in [-0.15, -0.1) is 0 Å². The molecular formula is C24H16F3NO2. The third-order valence-corrected chi connectivity index (χ3v) is 4.91. The average molecular weight is 407 g/mol. The number of hydrogen-bond acceptors (Lipinski definition) is 2. The molecule has 1 aliphatic heterocycles. The molecule has 0 bridgehead atoms. The van der Waals surface area contributed by atoms with Gasteiger partial charge in [-0.05, 0) is 53.1 Å². The SMILES string of the molecule is CC(=O)N1C(=Cc2cccc(-c3ccc(C(F)(F)F)cc3)c2)C(=O)c2ccccc21. The van der Waals surface area contributed by atoms with Gasteiger partial charge in [0.15, 0.2) is 0 Å². The predicted octanol–water partition coefficient (Wildman–Crippen LogP) is 5.96. The number of benzene rings is 3. The van der Waals surface area contributed by atoms with Crippen LogP contribution < -0.4 is 4.90 Å². The fourth-order valence-electron chi connectivity index (χ4n) is 3.52. The van der Waals surface area contributed by atoms with Crippen molar-refractivity contribution >= 4 is 23.5 Å². The number of alkyl halides is 3. The molecule has 0 fully saturated rings. The van der Waals surface area contributed by atoms with Crippen molar-refractivity contribution in [3.63, 3.8) is 0 Å². The Hall–Kier alpha value is -3.67. The van der Waals surface area contributed by atoms with Crippen LogP contribution in [0.15, 0.2) is 78.5 Å². The van der Waals surface area contributed by atoms with Gasteiger partial charge in [-0.1, -0.05) is 42.5 Å². The van der Waals surface area contributed by atoms with Crippen LogP contribution in [0.2, 0.25) is 0 Å². The van der Waals surface area contributed by atoms with E-state index in [1.54, 1.807) is 54.6 Å². The highest BCUT2D eigenvalue weighted by Crippen LogP contribution is 2.36. The molecule has 3 aromatic carbocycles. The van der Waals surface area contributed by atoms with Crippen LogP contribution in [-0.2, 0) is 11.0 Å². The average Bonchev–Trinajstić information content (AvgIpc) is 3.00. The van der Waals surface area contributed by atoms with Gasteiger partial charge in [0.1, 0.15) is 0 Å². The molecule has 0 aromatic heterocycles. The van der Waals surface area contributed by atoms with E-state index in [1.807, 2.05) is 0 Å². The number of nitrogens with zero attached hydrogens (tertiary/aromatic N) is 1. The lowest BCUT2D eigenvalue weighted by Crippen LogP contribution is -2.25. The van der Waals surface area contributed by atoms with E-state index < -0.39 is 11.7 Å². The molecule has 3 aromatic rings. The topological polar surface area (TPSA) is 37.4 Å². The lowest BCUT2D eigenvalue weighted by molar-refractivity contribution is -0.137. The van der Waals surface area contributed by atoms with Crippen LogP contribution in [-0.4, -0.2) is 11.7 Å². The largest absolute Gasteiger partial charge is 0.416 e. The number of fused-ring (bicyclic) bond motifs is 1. The molecule has 30 heavy (non-hydrogen) atoms. The van der Waals surface area contributed by atoms with Crippen molar-refractivity contribution < 1.29 is 22.8 Å². The molecule has 1 aliphatic rings. The van der Waals surface area contributed by atoms with E-state index in [0.717, 1.165) is 12.1 Å². The molecule has 0 saturated carbocycles. The van der Waals surface area contributed by atoms with Gasteiger partial charge in [-0.25, -0.2) is 0 Å². The fraction of sp³-hybridized carbons (Fsp3) is 0.0833. The second-order valence-electron chi connectivity index (χ2n) is 6.93. The molecule has 0 N–H and O–H groups in total. The summed E-state index contributed by atoms with van der Waals surface area (Å²) in [6.45, 7) is 1.39. The Morgan fingerprint density at radius 1 is 0.900 bits per heavy atom. The van der Waals surface area contributed by atoms with E-state index in [2.05, 4.69) is 0 Å². The van der Waals surface area contributed by atoms with E-state index in [9.17, 15) is 22.8 Å². The fourth-order valence-corrected chi connectivity index (χ4v) is 3.52. The van der Waals surface area contributed by atoms with Crippen molar-refractivity contribution in [3.05, 3.63) is 95.2 Å². The standard InChI is InChI=1S/C24H16F3NO2/c1-15(29)28-21-8-3-2-7-20(21)23(30)22(28)14-16-5-4-6-18(13-16)17-9-11-19(12-10-17)24(25,26)27/h2-14H,1H3. The second kappa shape index (κ2) is 7.30. The summed E-state index contributed by atoms with van der Waals surface area (Å²) < 4.78 is 38.4. The molecule has 6 heteroatoms. The Morgan fingerprint density at radius 2 is 1.60 bits per heavy atom. The van der Waals surface area contributed by atoms with Crippen molar-refractivity contribution in [2.45, 2.75) is 13.1 Å². The summed E-state index contributed by atoms with van der Waals surface area (Å²) in [5.41, 5.74) is 2.51. The molecular weight excluding hydrogens is 391 g/mol. The number of Topliss-reactive ketones (excluding diaryl/α,β-unsaturated/α-hetero) is 1. The van der Waals surface area contributed by atoms with E-state index in [-0.39, 0.29) is 17.4 Å². The zero-order valence-corrected chi connectivity index (χ0v) is 15.9. The van der Waals surface area contributed by atoms with Crippen LogP contribution >= 0.6 is 0 Å². The lowest BCUT2D eigenvalue weighted by Gasteiger charge is -2.16. The highest BCUT2D eigenvalue weighted by Gasteiger charge is 2.34. The van der Waals surface area contributed by atoms with Crippen LogP contribution in [0.25, 0.3) is 17.2 Å². The minimum Gasteiger partial charge on any atom is -0.287 e. The quantitative estimate of drug-likeness (QED) is 0.492.